The van der Waals surface area contributed by atoms with Gasteiger partial charge in [-0.3, -0.25) is 0 Å². The minimum atomic E-state index is 0.360. The van der Waals surface area contributed by atoms with Crippen molar-refractivity contribution in [3.05, 3.63) is 29.8 Å². The van der Waals surface area contributed by atoms with Gasteiger partial charge in [0.2, 0.25) is 0 Å². The predicted octanol–water partition coefficient (Wildman–Crippen LogP) is 3.92. The van der Waals surface area contributed by atoms with Gasteiger partial charge in [-0.1, -0.05) is 38.0 Å². The summed E-state index contributed by atoms with van der Waals surface area (Å²) in [4.78, 5) is 0. The summed E-state index contributed by atoms with van der Waals surface area (Å²) >= 11 is 0. The summed E-state index contributed by atoms with van der Waals surface area (Å²) in [5.74, 6) is 1.84. The Morgan fingerprint density at radius 1 is 1.33 bits per heavy atom. The molecular weight excluding hydrogens is 222 g/mol. The van der Waals surface area contributed by atoms with Crippen molar-refractivity contribution in [3.8, 4) is 5.75 Å². The van der Waals surface area contributed by atoms with E-state index in [0.717, 1.165) is 11.7 Å². The van der Waals surface area contributed by atoms with Crippen molar-refractivity contribution in [1.29, 1.82) is 0 Å². The lowest BCUT2D eigenvalue weighted by molar-refractivity contribution is 0.350. The first-order valence-corrected chi connectivity index (χ1v) is 7.15. The fraction of sp³-hybridized carbons (Fsp3) is 0.625. The second-order valence-corrected chi connectivity index (χ2v) is 5.34. The SMILES string of the molecule is CCC1CCCC1N[C@H](C)c1ccccc1OC. The Morgan fingerprint density at radius 3 is 2.83 bits per heavy atom. The highest BCUT2D eigenvalue weighted by Gasteiger charge is 2.27. The van der Waals surface area contributed by atoms with Crippen LogP contribution in [0.5, 0.6) is 5.75 Å². The summed E-state index contributed by atoms with van der Waals surface area (Å²) in [7, 11) is 1.75. The molecule has 0 radical (unpaired) electrons. The highest BCUT2D eigenvalue weighted by molar-refractivity contribution is 5.35. The zero-order valence-corrected chi connectivity index (χ0v) is 11.8. The average Bonchev–Trinajstić information content (AvgIpc) is 2.85. The van der Waals surface area contributed by atoms with Gasteiger partial charge in [-0.15, -0.1) is 0 Å². The topological polar surface area (TPSA) is 21.3 Å². The van der Waals surface area contributed by atoms with Crippen molar-refractivity contribution in [3.63, 3.8) is 0 Å². The average molecular weight is 247 g/mol. The Kier molecular flexibility index (Phi) is 4.65. The van der Waals surface area contributed by atoms with E-state index in [1.807, 2.05) is 12.1 Å². The second kappa shape index (κ2) is 6.24. The highest BCUT2D eigenvalue weighted by Crippen LogP contribution is 2.31. The maximum Gasteiger partial charge on any atom is 0.123 e. The molecule has 0 bridgehead atoms. The van der Waals surface area contributed by atoms with Gasteiger partial charge < -0.3 is 10.1 Å². The van der Waals surface area contributed by atoms with Gasteiger partial charge in [0.05, 0.1) is 7.11 Å². The Morgan fingerprint density at radius 2 is 2.11 bits per heavy atom. The summed E-state index contributed by atoms with van der Waals surface area (Å²) < 4.78 is 5.44. The third-order valence-corrected chi connectivity index (χ3v) is 4.25. The van der Waals surface area contributed by atoms with Gasteiger partial charge in [-0.2, -0.15) is 0 Å². The molecule has 1 aromatic rings. The van der Waals surface area contributed by atoms with Crippen LogP contribution in [0, 0.1) is 5.92 Å². The molecule has 2 rings (SSSR count). The first-order chi connectivity index (χ1) is 8.76. The molecule has 18 heavy (non-hydrogen) atoms. The van der Waals surface area contributed by atoms with Gasteiger partial charge in [-0.25, -0.2) is 0 Å². The number of methoxy groups -OCH3 is 1. The van der Waals surface area contributed by atoms with Gasteiger partial charge in [0.25, 0.3) is 0 Å². The maximum atomic E-state index is 5.44. The molecule has 0 amide bonds. The van der Waals surface area contributed by atoms with Crippen LogP contribution in [0.15, 0.2) is 24.3 Å². The molecule has 2 nitrogen and oxygen atoms in total. The van der Waals surface area contributed by atoms with E-state index in [1.165, 1.54) is 31.2 Å². The van der Waals surface area contributed by atoms with Crippen LogP contribution in [0.3, 0.4) is 0 Å². The van der Waals surface area contributed by atoms with Crippen molar-refractivity contribution in [2.24, 2.45) is 5.92 Å². The molecule has 1 N–H and O–H groups in total. The van der Waals surface area contributed by atoms with Crippen LogP contribution in [-0.2, 0) is 0 Å². The predicted molar refractivity (Wildman–Crippen MR) is 76.0 cm³/mol. The lowest BCUT2D eigenvalue weighted by Gasteiger charge is -2.25. The van der Waals surface area contributed by atoms with Crippen LogP contribution in [0.1, 0.15) is 51.1 Å². The van der Waals surface area contributed by atoms with E-state index in [-0.39, 0.29) is 0 Å². The van der Waals surface area contributed by atoms with Crippen molar-refractivity contribution >= 4 is 0 Å². The number of hydrogen-bond acceptors (Lipinski definition) is 2. The molecule has 1 aromatic carbocycles. The molecule has 2 unspecified atom stereocenters. The number of rotatable bonds is 5. The first-order valence-electron chi connectivity index (χ1n) is 7.15. The fourth-order valence-corrected chi connectivity index (χ4v) is 3.18. The third-order valence-electron chi connectivity index (χ3n) is 4.25. The standard InChI is InChI=1S/C16H25NO/c1-4-13-8-7-10-15(13)17-12(2)14-9-5-6-11-16(14)18-3/h5-6,9,11-13,15,17H,4,7-8,10H2,1-3H3/t12-,13?,15?/m1/s1. The van der Waals surface area contributed by atoms with Crippen LogP contribution in [0.2, 0.25) is 0 Å². The number of nitrogens with one attached hydrogen (secondary N) is 1. The minimum Gasteiger partial charge on any atom is -0.496 e. The molecule has 2 heteroatoms. The smallest absolute Gasteiger partial charge is 0.123 e. The van der Waals surface area contributed by atoms with Gasteiger partial charge in [-0.05, 0) is 31.7 Å². The lowest BCUT2D eigenvalue weighted by atomic mass is 9.98. The molecule has 1 aliphatic carbocycles. The second-order valence-electron chi connectivity index (χ2n) is 5.34. The van der Waals surface area contributed by atoms with Crippen LogP contribution < -0.4 is 10.1 Å². The Bertz CT molecular complexity index is 377. The van der Waals surface area contributed by atoms with E-state index >= 15 is 0 Å². The van der Waals surface area contributed by atoms with Crippen molar-refractivity contribution in [2.75, 3.05) is 7.11 Å². The maximum absolute atomic E-state index is 5.44. The van der Waals surface area contributed by atoms with Crippen molar-refractivity contribution in [2.45, 2.75) is 51.6 Å². The molecule has 1 fully saturated rings. The Balaban J connectivity index is 2.05. The molecule has 1 saturated carbocycles. The molecule has 0 heterocycles. The molecule has 0 spiro atoms. The van der Waals surface area contributed by atoms with Crippen molar-refractivity contribution in [1.82, 2.24) is 5.32 Å². The van der Waals surface area contributed by atoms with Gasteiger partial charge in [0.15, 0.2) is 0 Å². The quantitative estimate of drug-likeness (QED) is 0.851. The Hall–Kier alpha value is -1.02. The monoisotopic (exact) mass is 247 g/mol. The molecule has 0 aliphatic heterocycles. The largest absolute Gasteiger partial charge is 0.496 e. The van der Waals surface area contributed by atoms with E-state index in [1.54, 1.807) is 7.11 Å². The molecule has 1 aliphatic rings. The first kappa shape index (κ1) is 13.4. The normalized spacial score (nSPS) is 25.1. The number of para-hydroxylation sites is 1. The van der Waals surface area contributed by atoms with E-state index in [2.05, 4.69) is 31.3 Å². The third kappa shape index (κ3) is 2.86. The minimum absolute atomic E-state index is 0.360. The van der Waals surface area contributed by atoms with E-state index in [9.17, 15) is 0 Å². The van der Waals surface area contributed by atoms with Gasteiger partial charge in [0.1, 0.15) is 5.75 Å². The summed E-state index contributed by atoms with van der Waals surface area (Å²) in [5.41, 5.74) is 1.27. The van der Waals surface area contributed by atoms with Crippen LogP contribution in [0.4, 0.5) is 0 Å². The highest BCUT2D eigenvalue weighted by atomic mass is 16.5. The van der Waals surface area contributed by atoms with Crippen LogP contribution >= 0.6 is 0 Å². The van der Waals surface area contributed by atoms with Gasteiger partial charge >= 0.3 is 0 Å². The van der Waals surface area contributed by atoms with Gasteiger partial charge in [0, 0.05) is 17.6 Å². The van der Waals surface area contributed by atoms with E-state index < -0.39 is 0 Å². The summed E-state index contributed by atoms with van der Waals surface area (Å²) in [6.45, 7) is 4.54. The summed E-state index contributed by atoms with van der Waals surface area (Å²) in [6.07, 6.45) is 5.36. The Labute approximate surface area is 111 Å². The van der Waals surface area contributed by atoms with Crippen LogP contribution in [-0.4, -0.2) is 13.2 Å². The van der Waals surface area contributed by atoms with Crippen molar-refractivity contribution < 1.29 is 4.74 Å². The van der Waals surface area contributed by atoms with E-state index in [0.29, 0.717) is 12.1 Å². The number of benzene rings is 1. The fourth-order valence-electron chi connectivity index (χ4n) is 3.18. The molecule has 100 valence electrons. The van der Waals surface area contributed by atoms with E-state index in [4.69, 9.17) is 4.74 Å². The molecule has 0 saturated heterocycles. The van der Waals surface area contributed by atoms with Crippen LogP contribution in [0.25, 0.3) is 0 Å². The molecular formula is C16H25NO. The summed E-state index contributed by atoms with van der Waals surface area (Å²) in [6, 6.07) is 9.35. The zero-order chi connectivity index (χ0) is 13.0. The molecule has 3 atom stereocenters. The zero-order valence-electron chi connectivity index (χ0n) is 11.8. The number of ether oxygens (including phenoxy) is 1. The molecule has 0 aromatic heterocycles. The number of hydrogen-bond donors (Lipinski definition) is 1. The lowest BCUT2D eigenvalue weighted by Crippen LogP contribution is -2.34. The summed E-state index contributed by atoms with van der Waals surface area (Å²) in [5, 5.41) is 3.79.